The molecule has 110 valence electrons. The Labute approximate surface area is 118 Å². The van der Waals surface area contributed by atoms with Gasteiger partial charge in [-0.25, -0.2) is 0 Å². The smallest absolute Gasteiger partial charge is 0.221 e. The lowest BCUT2D eigenvalue weighted by Gasteiger charge is -2.38. The van der Waals surface area contributed by atoms with Gasteiger partial charge in [0.05, 0.1) is 12.7 Å². The van der Waals surface area contributed by atoms with Gasteiger partial charge in [-0.2, -0.15) is 5.26 Å². The first-order valence-electron chi connectivity index (χ1n) is 6.72. The predicted octanol–water partition coefficient (Wildman–Crippen LogP) is 1.46. The van der Waals surface area contributed by atoms with E-state index < -0.39 is 23.5 Å². The second kappa shape index (κ2) is 4.26. The zero-order valence-corrected chi connectivity index (χ0v) is 12.1. The molecule has 4 atom stereocenters. The molecule has 6 heteroatoms. The van der Waals surface area contributed by atoms with E-state index in [1.165, 1.54) is 6.08 Å². The van der Waals surface area contributed by atoms with Gasteiger partial charge in [-0.15, -0.1) is 0 Å². The Kier molecular flexibility index (Phi) is 2.98. The summed E-state index contributed by atoms with van der Waals surface area (Å²) in [4.78, 5) is 0. The van der Waals surface area contributed by atoms with Gasteiger partial charge in [0.25, 0.3) is 0 Å². The minimum atomic E-state index is -1.09. The zero-order valence-electron chi connectivity index (χ0n) is 12.1. The van der Waals surface area contributed by atoms with Gasteiger partial charge < -0.3 is 23.7 Å². The monoisotopic (exact) mass is 281 g/mol. The van der Waals surface area contributed by atoms with E-state index in [1.807, 2.05) is 33.8 Å². The first kappa shape index (κ1) is 14.0. The van der Waals surface area contributed by atoms with Gasteiger partial charge in [-0.1, -0.05) is 0 Å². The Morgan fingerprint density at radius 1 is 1.10 bits per heavy atom. The molecule has 0 N–H and O–H groups in total. The van der Waals surface area contributed by atoms with Gasteiger partial charge in [0.1, 0.15) is 18.3 Å². The minimum Gasteiger partial charge on any atom is -0.342 e. The molecular formula is C14H19NO5. The SMILES string of the molecule is CC1(C)O[C@@H]2[C@@H](CO[C@@]3(/C=C\C#N)OC(C)(C)O[C@@H]23)O1. The Hall–Kier alpha value is -0.970. The summed E-state index contributed by atoms with van der Waals surface area (Å²) in [6.07, 6.45) is 1.98. The van der Waals surface area contributed by atoms with Gasteiger partial charge in [0.15, 0.2) is 11.6 Å². The second-order valence-electron chi connectivity index (χ2n) is 6.17. The molecule has 3 rings (SSSR count). The highest BCUT2D eigenvalue weighted by atomic mass is 16.9. The van der Waals surface area contributed by atoms with Crippen molar-refractivity contribution in [2.75, 3.05) is 6.61 Å². The van der Waals surface area contributed by atoms with Crippen molar-refractivity contribution in [1.82, 2.24) is 0 Å². The Morgan fingerprint density at radius 3 is 2.55 bits per heavy atom. The zero-order chi connectivity index (χ0) is 14.6. The van der Waals surface area contributed by atoms with Crippen molar-refractivity contribution in [3.8, 4) is 6.07 Å². The number of nitrogens with zero attached hydrogens (tertiary/aromatic N) is 1. The Balaban J connectivity index is 1.94. The van der Waals surface area contributed by atoms with E-state index in [1.54, 1.807) is 6.08 Å². The minimum absolute atomic E-state index is 0.198. The Morgan fingerprint density at radius 2 is 1.85 bits per heavy atom. The summed E-state index contributed by atoms with van der Waals surface area (Å²) in [5, 5.41) is 8.77. The molecule has 0 unspecified atom stereocenters. The fourth-order valence-corrected chi connectivity index (χ4v) is 3.05. The molecule has 0 aromatic carbocycles. The third kappa shape index (κ3) is 2.16. The summed E-state index contributed by atoms with van der Waals surface area (Å²) >= 11 is 0. The highest BCUT2D eigenvalue weighted by molar-refractivity contribution is 5.16. The third-order valence-corrected chi connectivity index (χ3v) is 3.60. The molecule has 6 nitrogen and oxygen atoms in total. The van der Waals surface area contributed by atoms with E-state index in [-0.39, 0.29) is 12.2 Å². The molecular weight excluding hydrogens is 262 g/mol. The molecule has 0 bridgehead atoms. The predicted molar refractivity (Wildman–Crippen MR) is 67.3 cm³/mol. The summed E-state index contributed by atoms with van der Waals surface area (Å²) in [5.74, 6) is -2.58. The van der Waals surface area contributed by atoms with Crippen molar-refractivity contribution in [3.63, 3.8) is 0 Å². The van der Waals surface area contributed by atoms with Crippen molar-refractivity contribution in [3.05, 3.63) is 12.2 Å². The summed E-state index contributed by atoms with van der Waals surface area (Å²) < 4.78 is 29.4. The van der Waals surface area contributed by atoms with Gasteiger partial charge >= 0.3 is 0 Å². The van der Waals surface area contributed by atoms with Crippen LogP contribution in [0.4, 0.5) is 0 Å². The number of nitriles is 1. The van der Waals surface area contributed by atoms with Gasteiger partial charge in [0.2, 0.25) is 5.79 Å². The highest BCUT2D eigenvalue weighted by Gasteiger charge is 2.64. The maximum absolute atomic E-state index is 8.77. The number of fused-ring (bicyclic) bond motifs is 3. The lowest BCUT2D eigenvalue weighted by Crippen LogP contribution is -2.57. The van der Waals surface area contributed by atoms with Gasteiger partial charge in [-0.05, 0) is 33.8 Å². The third-order valence-electron chi connectivity index (χ3n) is 3.60. The maximum Gasteiger partial charge on any atom is 0.221 e. The van der Waals surface area contributed by atoms with Crippen LogP contribution in [-0.2, 0) is 23.7 Å². The van der Waals surface area contributed by atoms with Crippen LogP contribution in [0.3, 0.4) is 0 Å². The van der Waals surface area contributed by atoms with Crippen LogP contribution in [-0.4, -0.2) is 42.3 Å². The fourth-order valence-electron chi connectivity index (χ4n) is 3.05. The topological polar surface area (TPSA) is 69.9 Å². The molecule has 0 radical (unpaired) electrons. The molecule has 3 aliphatic rings. The van der Waals surface area contributed by atoms with Crippen molar-refractivity contribution in [1.29, 1.82) is 5.26 Å². The first-order valence-corrected chi connectivity index (χ1v) is 6.72. The molecule has 3 saturated heterocycles. The average Bonchev–Trinajstić information content (AvgIpc) is 2.78. The molecule has 0 aromatic heterocycles. The molecule has 0 spiro atoms. The van der Waals surface area contributed by atoms with Crippen molar-refractivity contribution in [2.45, 2.75) is 63.4 Å². The number of hydrogen-bond donors (Lipinski definition) is 0. The molecule has 3 heterocycles. The lowest BCUT2D eigenvalue weighted by molar-refractivity contribution is -0.253. The van der Waals surface area contributed by atoms with Crippen LogP contribution in [0.25, 0.3) is 0 Å². The number of ether oxygens (including phenoxy) is 5. The lowest BCUT2D eigenvalue weighted by atomic mass is 9.96. The van der Waals surface area contributed by atoms with Crippen LogP contribution in [0, 0.1) is 11.3 Å². The fraction of sp³-hybridized carbons (Fsp3) is 0.786. The number of rotatable bonds is 1. The van der Waals surface area contributed by atoms with Crippen LogP contribution >= 0.6 is 0 Å². The van der Waals surface area contributed by atoms with Crippen molar-refractivity contribution < 1.29 is 23.7 Å². The molecule has 20 heavy (non-hydrogen) atoms. The van der Waals surface area contributed by atoms with E-state index in [0.717, 1.165) is 0 Å². The van der Waals surface area contributed by atoms with E-state index in [4.69, 9.17) is 28.9 Å². The number of allylic oxidation sites excluding steroid dienone is 1. The first-order chi connectivity index (χ1) is 9.27. The summed E-state index contributed by atoms with van der Waals surface area (Å²) in [6, 6.07) is 1.96. The van der Waals surface area contributed by atoms with Crippen LogP contribution in [0.2, 0.25) is 0 Å². The largest absolute Gasteiger partial charge is 0.342 e. The standard InChI is InChI=1S/C14H19NO5/c1-12(2)17-9-8-16-14(6-5-7-15)11(10(9)18-12)19-13(3,4)20-14/h5-6,9-11H,8H2,1-4H3/b6-5-/t9-,10-,11+,14+/m1/s1. The normalized spacial score (nSPS) is 45.0. The van der Waals surface area contributed by atoms with Crippen LogP contribution < -0.4 is 0 Å². The van der Waals surface area contributed by atoms with Gasteiger partial charge in [0, 0.05) is 6.08 Å². The van der Waals surface area contributed by atoms with Crippen LogP contribution in [0.15, 0.2) is 12.2 Å². The maximum atomic E-state index is 8.77. The van der Waals surface area contributed by atoms with E-state index in [0.29, 0.717) is 6.61 Å². The van der Waals surface area contributed by atoms with Crippen molar-refractivity contribution >= 4 is 0 Å². The van der Waals surface area contributed by atoms with E-state index in [2.05, 4.69) is 0 Å². The summed E-state index contributed by atoms with van der Waals surface area (Å²) in [6.45, 7) is 7.68. The quantitative estimate of drug-likeness (QED) is 0.678. The molecule has 0 amide bonds. The van der Waals surface area contributed by atoms with Crippen molar-refractivity contribution in [2.24, 2.45) is 0 Å². The molecule has 3 fully saturated rings. The Bertz CT molecular complexity index is 480. The van der Waals surface area contributed by atoms with Crippen LogP contribution in [0.5, 0.6) is 0 Å². The second-order valence-corrected chi connectivity index (χ2v) is 6.17. The molecule has 3 aliphatic heterocycles. The van der Waals surface area contributed by atoms with Gasteiger partial charge in [-0.3, -0.25) is 0 Å². The molecule has 0 aliphatic carbocycles. The summed E-state index contributed by atoms with van der Waals surface area (Å²) in [5.41, 5.74) is 0. The molecule has 0 aromatic rings. The molecule has 0 saturated carbocycles. The van der Waals surface area contributed by atoms with E-state index >= 15 is 0 Å². The average molecular weight is 281 g/mol. The number of hydrogen-bond acceptors (Lipinski definition) is 6. The highest BCUT2D eigenvalue weighted by Crippen LogP contribution is 2.47. The van der Waals surface area contributed by atoms with E-state index in [9.17, 15) is 0 Å². The van der Waals surface area contributed by atoms with Crippen LogP contribution in [0.1, 0.15) is 27.7 Å². The summed E-state index contributed by atoms with van der Waals surface area (Å²) in [7, 11) is 0.